The highest BCUT2D eigenvalue weighted by Crippen LogP contribution is 2.38. The first-order valence-electron chi connectivity index (χ1n) is 8.06. The smallest absolute Gasteiger partial charge is 0.325 e. The number of nitro groups is 1. The van der Waals surface area contributed by atoms with Crippen LogP contribution < -0.4 is 5.32 Å². The van der Waals surface area contributed by atoms with Crippen molar-refractivity contribution in [1.29, 1.82) is 0 Å². The SMILES string of the molecule is O=C(CSc1ccc(C(F)(F)F)cc1[N+](=O)[O-])Nc1cc(C(F)(F)F)cc(C(F)(F)F)c1. The standard InChI is InChI=1S/C17H9F9N2O3S/c18-15(19,20)8-1-2-13(12(6-8)28(30)31)32-7-14(29)27-11-4-9(16(21,22)23)3-10(5-11)17(24,25)26/h1-6H,7H2,(H,27,29). The predicted octanol–water partition coefficient (Wildman–Crippen LogP) is 6.38. The van der Waals surface area contributed by atoms with Crippen LogP contribution >= 0.6 is 11.8 Å². The second-order valence-corrected chi connectivity index (χ2v) is 7.09. The lowest BCUT2D eigenvalue weighted by atomic mass is 10.1. The number of carbonyl (C=O) groups excluding carboxylic acids is 1. The lowest BCUT2D eigenvalue weighted by Gasteiger charge is -2.14. The minimum atomic E-state index is -5.14. The molecular formula is C17H9F9N2O3S. The molecule has 2 aromatic carbocycles. The highest BCUT2D eigenvalue weighted by atomic mass is 32.2. The summed E-state index contributed by atoms with van der Waals surface area (Å²) in [6, 6.07) is 1.87. The zero-order chi connectivity index (χ0) is 24.5. The van der Waals surface area contributed by atoms with Crippen molar-refractivity contribution in [3.05, 3.63) is 63.2 Å². The van der Waals surface area contributed by atoms with Crippen LogP contribution in [0.3, 0.4) is 0 Å². The molecule has 0 atom stereocenters. The minimum Gasteiger partial charge on any atom is -0.325 e. The zero-order valence-electron chi connectivity index (χ0n) is 15.2. The number of halogens is 9. The van der Waals surface area contributed by atoms with Gasteiger partial charge in [-0.2, -0.15) is 39.5 Å². The summed E-state index contributed by atoms with van der Waals surface area (Å²) in [5, 5.41) is 12.8. The van der Waals surface area contributed by atoms with Crippen molar-refractivity contribution in [2.45, 2.75) is 23.4 Å². The van der Waals surface area contributed by atoms with Gasteiger partial charge in [0.05, 0.1) is 32.3 Å². The van der Waals surface area contributed by atoms with Gasteiger partial charge in [0.25, 0.3) is 5.69 Å². The Kier molecular flexibility index (Phi) is 7.02. The molecule has 0 aliphatic carbocycles. The minimum absolute atomic E-state index is 0.143. The van der Waals surface area contributed by atoms with Crippen LogP contribution in [0.2, 0.25) is 0 Å². The van der Waals surface area contributed by atoms with Crippen molar-refractivity contribution < 1.29 is 49.2 Å². The molecule has 2 rings (SSSR count). The molecule has 1 amide bonds. The van der Waals surface area contributed by atoms with Gasteiger partial charge in [0.1, 0.15) is 0 Å². The second kappa shape index (κ2) is 8.88. The van der Waals surface area contributed by atoms with Crippen LogP contribution in [0.5, 0.6) is 0 Å². The molecule has 15 heteroatoms. The van der Waals surface area contributed by atoms with Gasteiger partial charge in [-0.05, 0) is 30.3 Å². The Morgan fingerprint density at radius 2 is 1.34 bits per heavy atom. The van der Waals surface area contributed by atoms with E-state index in [1.807, 2.05) is 5.32 Å². The van der Waals surface area contributed by atoms with Gasteiger partial charge in [0, 0.05) is 11.8 Å². The number of rotatable bonds is 5. The van der Waals surface area contributed by atoms with Gasteiger partial charge >= 0.3 is 18.5 Å². The zero-order valence-corrected chi connectivity index (χ0v) is 16.0. The fourth-order valence-electron chi connectivity index (χ4n) is 2.33. The number of alkyl halides is 9. The number of hydrogen-bond donors (Lipinski definition) is 1. The van der Waals surface area contributed by atoms with Crippen molar-refractivity contribution in [2.24, 2.45) is 0 Å². The first-order chi connectivity index (χ1) is 14.5. The van der Waals surface area contributed by atoms with E-state index in [0.29, 0.717) is 17.8 Å². The molecule has 0 radical (unpaired) electrons. The summed E-state index contributed by atoms with van der Waals surface area (Å²) in [5.41, 5.74) is -6.47. The average molecular weight is 492 g/mol. The number of benzene rings is 2. The van der Waals surface area contributed by atoms with Gasteiger partial charge in [-0.25, -0.2) is 0 Å². The maximum absolute atomic E-state index is 12.9. The quantitative estimate of drug-likeness (QED) is 0.228. The first-order valence-corrected chi connectivity index (χ1v) is 9.05. The lowest BCUT2D eigenvalue weighted by Crippen LogP contribution is -2.17. The van der Waals surface area contributed by atoms with Crippen LogP contribution in [-0.2, 0) is 23.3 Å². The Labute approximate surface area is 176 Å². The molecule has 0 saturated carbocycles. The summed E-state index contributed by atoms with van der Waals surface area (Å²) in [6.07, 6.45) is -15.2. The molecule has 2 aromatic rings. The van der Waals surface area contributed by atoms with E-state index < -0.39 is 63.2 Å². The molecule has 0 heterocycles. The van der Waals surface area contributed by atoms with Crippen molar-refractivity contribution in [2.75, 3.05) is 11.1 Å². The highest BCUT2D eigenvalue weighted by Gasteiger charge is 2.37. The highest BCUT2D eigenvalue weighted by molar-refractivity contribution is 8.00. The molecule has 1 N–H and O–H groups in total. The molecule has 0 fully saturated rings. The van der Waals surface area contributed by atoms with E-state index in [1.54, 1.807) is 0 Å². The van der Waals surface area contributed by atoms with E-state index in [9.17, 15) is 54.4 Å². The Balaban J connectivity index is 2.23. The van der Waals surface area contributed by atoms with Crippen LogP contribution in [-0.4, -0.2) is 16.6 Å². The van der Waals surface area contributed by atoms with Gasteiger partial charge in [0.15, 0.2) is 0 Å². The van der Waals surface area contributed by atoms with Crippen LogP contribution in [0.1, 0.15) is 16.7 Å². The molecule has 0 aromatic heterocycles. The first kappa shape index (κ1) is 25.3. The number of carbonyl (C=O) groups is 1. The Morgan fingerprint density at radius 3 is 1.78 bits per heavy atom. The van der Waals surface area contributed by atoms with Crippen LogP contribution in [0, 0.1) is 10.1 Å². The molecule has 174 valence electrons. The third kappa shape index (κ3) is 6.51. The molecule has 0 spiro atoms. The third-order valence-corrected chi connectivity index (χ3v) is 4.78. The van der Waals surface area contributed by atoms with Gasteiger partial charge in [-0.3, -0.25) is 14.9 Å². The largest absolute Gasteiger partial charge is 0.416 e. The molecule has 0 unspecified atom stereocenters. The molecule has 32 heavy (non-hydrogen) atoms. The number of hydrogen-bond acceptors (Lipinski definition) is 4. The lowest BCUT2D eigenvalue weighted by molar-refractivity contribution is -0.388. The summed E-state index contributed by atoms with van der Waals surface area (Å²) in [7, 11) is 0. The number of anilines is 1. The van der Waals surface area contributed by atoms with E-state index in [2.05, 4.69) is 0 Å². The Hall–Kier alpha value is -2.97. The fourth-order valence-corrected chi connectivity index (χ4v) is 3.13. The number of nitro benzene ring substituents is 1. The van der Waals surface area contributed by atoms with Crippen molar-refractivity contribution in [3.63, 3.8) is 0 Å². The summed E-state index contributed by atoms with van der Waals surface area (Å²) in [6.45, 7) is 0. The van der Waals surface area contributed by atoms with E-state index in [-0.39, 0.29) is 29.2 Å². The van der Waals surface area contributed by atoms with Crippen molar-refractivity contribution in [3.8, 4) is 0 Å². The number of amides is 1. The molecule has 0 saturated heterocycles. The monoisotopic (exact) mass is 492 g/mol. The summed E-state index contributed by atoms with van der Waals surface area (Å²) < 4.78 is 115. The predicted molar refractivity (Wildman–Crippen MR) is 93.9 cm³/mol. The average Bonchev–Trinajstić information content (AvgIpc) is 2.63. The molecule has 0 aliphatic heterocycles. The molecule has 0 aliphatic rings. The van der Waals surface area contributed by atoms with E-state index in [0.717, 1.165) is 6.07 Å². The number of nitrogens with one attached hydrogen (secondary N) is 1. The maximum atomic E-state index is 12.9. The Bertz CT molecular complexity index is 1000. The third-order valence-electron chi connectivity index (χ3n) is 3.71. The van der Waals surface area contributed by atoms with Crippen molar-refractivity contribution >= 4 is 29.0 Å². The summed E-state index contributed by atoms with van der Waals surface area (Å²) >= 11 is 0.376. The van der Waals surface area contributed by atoms with Crippen LogP contribution in [0.15, 0.2) is 41.3 Å². The summed E-state index contributed by atoms with van der Waals surface area (Å²) in [5.74, 6) is -1.89. The van der Waals surface area contributed by atoms with Gasteiger partial charge in [-0.15, -0.1) is 11.8 Å². The molecular weight excluding hydrogens is 483 g/mol. The van der Waals surface area contributed by atoms with Gasteiger partial charge in [-0.1, -0.05) is 0 Å². The second-order valence-electron chi connectivity index (χ2n) is 6.07. The van der Waals surface area contributed by atoms with E-state index in [1.165, 1.54) is 0 Å². The maximum Gasteiger partial charge on any atom is 0.416 e. The van der Waals surface area contributed by atoms with Crippen molar-refractivity contribution in [1.82, 2.24) is 0 Å². The number of thioether (sulfide) groups is 1. The van der Waals surface area contributed by atoms with E-state index >= 15 is 0 Å². The number of nitrogens with zero attached hydrogens (tertiary/aromatic N) is 1. The van der Waals surface area contributed by atoms with Gasteiger partial charge < -0.3 is 5.32 Å². The van der Waals surface area contributed by atoms with Gasteiger partial charge in [0.2, 0.25) is 5.91 Å². The normalized spacial score (nSPS) is 12.5. The molecule has 0 bridgehead atoms. The molecule has 5 nitrogen and oxygen atoms in total. The topological polar surface area (TPSA) is 72.2 Å². The van der Waals surface area contributed by atoms with E-state index in [4.69, 9.17) is 0 Å². The van der Waals surface area contributed by atoms with Crippen LogP contribution in [0.4, 0.5) is 50.9 Å². The Morgan fingerprint density at radius 1 is 0.844 bits per heavy atom. The summed E-state index contributed by atoms with van der Waals surface area (Å²) in [4.78, 5) is 21.5. The fraction of sp³-hybridized carbons (Fsp3) is 0.235. The van der Waals surface area contributed by atoms with Crippen LogP contribution in [0.25, 0.3) is 0 Å².